The summed E-state index contributed by atoms with van der Waals surface area (Å²) in [6, 6.07) is 5.61. The molecule has 0 saturated carbocycles. The summed E-state index contributed by atoms with van der Waals surface area (Å²) in [4.78, 5) is 15.5. The van der Waals surface area contributed by atoms with Gasteiger partial charge in [0.25, 0.3) is 0 Å². The van der Waals surface area contributed by atoms with Crippen molar-refractivity contribution >= 4 is 43.5 Å². The molecule has 84 valence electrons. The Bertz CT molecular complexity index is 473. The quantitative estimate of drug-likeness (QED) is 0.894. The van der Waals surface area contributed by atoms with Crippen LogP contribution in [0.15, 0.2) is 32.3 Å². The summed E-state index contributed by atoms with van der Waals surface area (Å²) in [5.41, 5.74) is 1.50. The monoisotopic (exact) mass is 347 g/mol. The second-order valence-electron chi connectivity index (χ2n) is 3.30. The van der Waals surface area contributed by atoms with E-state index in [0.717, 1.165) is 14.5 Å². The van der Waals surface area contributed by atoms with Gasteiger partial charge in [0.05, 0.1) is 5.71 Å². The molecule has 16 heavy (non-hydrogen) atoms. The molecule has 2 rings (SSSR count). The minimum atomic E-state index is -0.994. The zero-order valence-corrected chi connectivity index (χ0v) is 11.2. The van der Waals surface area contributed by atoms with Crippen molar-refractivity contribution in [2.24, 2.45) is 5.16 Å². The zero-order chi connectivity index (χ0) is 11.7. The van der Waals surface area contributed by atoms with Crippen LogP contribution in [0.5, 0.6) is 0 Å². The largest absolute Gasteiger partial charge is 0.478 e. The number of carboxylic acid groups (broad SMARTS) is 1. The summed E-state index contributed by atoms with van der Waals surface area (Å²) in [6.45, 7) is 0. The molecule has 1 aliphatic heterocycles. The van der Waals surface area contributed by atoms with Gasteiger partial charge in [0.1, 0.15) is 0 Å². The molecular weight excluding hydrogens is 342 g/mol. The third kappa shape index (κ3) is 2.27. The number of hydrogen-bond acceptors (Lipinski definition) is 3. The Labute approximate surface area is 109 Å². The fourth-order valence-electron chi connectivity index (χ4n) is 1.39. The topological polar surface area (TPSA) is 58.9 Å². The summed E-state index contributed by atoms with van der Waals surface area (Å²) in [5, 5.41) is 12.6. The number of aliphatic carboxylic acids is 1. The minimum absolute atomic E-state index is 0.287. The molecule has 1 aromatic rings. The van der Waals surface area contributed by atoms with Crippen molar-refractivity contribution in [1.29, 1.82) is 0 Å². The molecule has 1 aromatic carbocycles. The van der Waals surface area contributed by atoms with E-state index >= 15 is 0 Å². The van der Waals surface area contributed by atoms with Gasteiger partial charge in [0.15, 0.2) is 0 Å². The smallest absolute Gasteiger partial charge is 0.348 e. The maximum absolute atomic E-state index is 10.7. The number of carboxylic acids is 1. The van der Waals surface area contributed by atoms with E-state index in [9.17, 15) is 4.79 Å². The standard InChI is InChI=1S/C10H7Br2NO3/c11-5-1-2-6(7(12)3-5)8-4-9(10(14)15)16-13-8/h1-3,9H,4H2,(H,14,15). The van der Waals surface area contributed by atoms with E-state index in [-0.39, 0.29) is 6.42 Å². The molecule has 1 N–H and O–H groups in total. The van der Waals surface area contributed by atoms with Crippen molar-refractivity contribution in [2.75, 3.05) is 0 Å². The SMILES string of the molecule is O=C(O)C1CC(c2ccc(Br)cc2Br)=NO1. The van der Waals surface area contributed by atoms with Crippen LogP contribution < -0.4 is 0 Å². The Balaban J connectivity index is 2.24. The minimum Gasteiger partial charge on any atom is -0.478 e. The number of benzene rings is 1. The van der Waals surface area contributed by atoms with Gasteiger partial charge in [-0.3, -0.25) is 0 Å². The summed E-state index contributed by atoms with van der Waals surface area (Å²) in [7, 11) is 0. The lowest BCUT2D eigenvalue weighted by molar-refractivity contribution is -0.148. The van der Waals surface area contributed by atoms with E-state index < -0.39 is 12.1 Å². The lowest BCUT2D eigenvalue weighted by Gasteiger charge is -2.03. The van der Waals surface area contributed by atoms with Gasteiger partial charge in [0.2, 0.25) is 6.10 Å². The van der Waals surface area contributed by atoms with Crippen LogP contribution in [0.1, 0.15) is 12.0 Å². The molecule has 4 nitrogen and oxygen atoms in total. The average Bonchev–Trinajstić information content (AvgIpc) is 2.66. The summed E-state index contributed by atoms with van der Waals surface area (Å²) in [5.74, 6) is -0.994. The first kappa shape index (κ1) is 11.6. The Kier molecular flexibility index (Phi) is 3.30. The molecule has 0 radical (unpaired) electrons. The molecule has 1 heterocycles. The van der Waals surface area contributed by atoms with Crippen LogP contribution >= 0.6 is 31.9 Å². The number of rotatable bonds is 2. The van der Waals surface area contributed by atoms with Gasteiger partial charge in [-0.15, -0.1) is 0 Å². The van der Waals surface area contributed by atoms with Crippen LogP contribution in [-0.4, -0.2) is 22.9 Å². The van der Waals surface area contributed by atoms with Crippen LogP contribution in [0, 0.1) is 0 Å². The highest BCUT2D eigenvalue weighted by molar-refractivity contribution is 9.11. The van der Waals surface area contributed by atoms with Crippen LogP contribution in [0.25, 0.3) is 0 Å². The number of carbonyl (C=O) groups is 1. The molecular formula is C10H7Br2NO3. The Morgan fingerprint density at radius 3 is 2.81 bits per heavy atom. The van der Waals surface area contributed by atoms with Gasteiger partial charge in [-0.2, -0.15) is 0 Å². The molecule has 0 spiro atoms. The van der Waals surface area contributed by atoms with E-state index in [0.29, 0.717) is 5.71 Å². The summed E-state index contributed by atoms with van der Waals surface area (Å²) < 4.78 is 1.80. The predicted molar refractivity (Wildman–Crippen MR) is 65.5 cm³/mol. The highest BCUT2D eigenvalue weighted by Crippen LogP contribution is 2.26. The molecule has 1 aliphatic rings. The molecule has 0 aromatic heterocycles. The fraction of sp³-hybridized carbons (Fsp3) is 0.200. The normalized spacial score (nSPS) is 19.1. The van der Waals surface area contributed by atoms with E-state index in [4.69, 9.17) is 9.94 Å². The van der Waals surface area contributed by atoms with E-state index in [1.54, 1.807) is 0 Å². The van der Waals surface area contributed by atoms with E-state index in [1.807, 2.05) is 18.2 Å². The Hall–Kier alpha value is -0.880. The Morgan fingerprint density at radius 1 is 1.50 bits per heavy atom. The van der Waals surface area contributed by atoms with Gasteiger partial charge in [-0.05, 0) is 12.1 Å². The number of nitrogens with zero attached hydrogens (tertiary/aromatic N) is 1. The van der Waals surface area contributed by atoms with Crippen molar-refractivity contribution in [3.63, 3.8) is 0 Å². The van der Waals surface area contributed by atoms with Gasteiger partial charge >= 0.3 is 5.97 Å². The molecule has 0 amide bonds. The van der Waals surface area contributed by atoms with E-state index in [1.165, 1.54) is 0 Å². The molecule has 6 heteroatoms. The van der Waals surface area contributed by atoms with Crippen molar-refractivity contribution in [1.82, 2.24) is 0 Å². The highest BCUT2D eigenvalue weighted by Gasteiger charge is 2.29. The van der Waals surface area contributed by atoms with E-state index in [2.05, 4.69) is 37.0 Å². The lowest BCUT2D eigenvalue weighted by Crippen LogP contribution is -2.19. The third-order valence-corrected chi connectivity index (χ3v) is 3.34. The number of halogens is 2. The predicted octanol–water partition coefficient (Wildman–Crippen LogP) is 2.79. The third-order valence-electron chi connectivity index (χ3n) is 2.19. The molecule has 0 fully saturated rings. The Morgan fingerprint density at radius 2 is 2.25 bits per heavy atom. The summed E-state index contributed by atoms with van der Waals surface area (Å²) >= 11 is 6.74. The van der Waals surface area contributed by atoms with Crippen LogP contribution in [-0.2, 0) is 9.63 Å². The summed E-state index contributed by atoms with van der Waals surface area (Å²) in [6.07, 6.45) is -0.583. The second kappa shape index (κ2) is 4.55. The maximum Gasteiger partial charge on any atom is 0.348 e. The average molecular weight is 349 g/mol. The second-order valence-corrected chi connectivity index (χ2v) is 5.07. The van der Waals surface area contributed by atoms with Gasteiger partial charge in [0, 0.05) is 20.9 Å². The molecule has 1 unspecified atom stereocenters. The van der Waals surface area contributed by atoms with Crippen molar-refractivity contribution in [3.05, 3.63) is 32.7 Å². The van der Waals surface area contributed by atoms with Crippen molar-refractivity contribution in [3.8, 4) is 0 Å². The van der Waals surface area contributed by atoms with Gasteiger partial charge in [-0.25, -0.2) is 4.79 Å². The van der Waals surface area contributed by atoms with Crippen LogP contribution in [0.4, 0.5) is 0 Å². The van der Waals surface area contributed by atoms with Crippen LogP contribution in [0.2, 0.25) is 0 Å². The zero-order valence-electron chi connectivity index (χ0n) is 7.98. The molecule has 0 saturated heterocycles. The lowest BCUT2D eigenvalue weighted by atomic mass is 10.1. The van der Waals surface area contributed by atoms with Gasteiger partial charge < -0.3 is 9.94 Å². The van der Waals surface area contributed by atoms with Crippen molar-refractivity contribution < 1.29 is 14.7 Å². The maximum atomic E-state index is 10.7. The fourth-order valence-corrected chi connectivity index (χ4v) is 2.67. The first-order chi connectivity index (χ1) is 7.58. The first-order valence-electron chi connectivity index (χ1n) is 4.49. The molecule has 1 atom stereocenters. The number of hydrogen-bond donors (Lipinski definition) is 1. The molecule has 0 bridgehead atoms. The number of oxime groups is 1. The first-order valence-corrected chi connectivity index (χ1v) is 6.07. The van der Waals surface area contributed by atoms with Crippen molar-refractivity contribution in [2.45, 2.75) is 12.5 Å². The highest BCUT2D eigenvalue weighted by atomic mass is 79.9. The molecule has 0 aliphatic carbocycles. The van der Waals surface area contributed by atoms with Crippen LogP contribution in [0.3, 0.4) is 0 Å². The van der Waals surface area contributed by atoms with Gasteiger partial charge in [-0.1, -0.05) is 43.1 Å².